The Kier molecular flexibility index (Phi) is 3.04. The second-order valence-electron chi connectivity index (χ2n) is 3.45. The van der Waals surface area contributed by atoms with Crippen LogP contribution < -0.4 is 0 Å². The molecule has 0 bridgehead atoms. The molecule has 0 unspecified atom stereocenters. The van der Waals surface area contributed by atoms with Gasteiger partial charge in [-0.05, 0) is 17.7 Å². The molecular weight excluding hydrogens is 249 g/mol. The van der Waals surface area contributed by atoms with Gasteiger partial charge in [0.1, 0.15) is 5.69 Å². The Labute approximate surface area is 101 Å². The minimum absolute atomic E-state index is 0.0851. The van der Waals surface area contributed by atoms with Gasteiger partial charge < -0.3 is 14.8 Å². The second-order valence-corrected chi connectivity index (χ2v) is 3.86. The van der Waals surface area contributed by atoms with Gasteiger partial charge in [0.2, 0.25) is 0 Å². The van der Waals surface area contributed by atoms with Gasteiger partial charge in [-0.2, -0.15) is 0 Å². The molecule has 0 amide bonds. The molecular formula is C11H9ClFNO3. The predicted octanol–water partition coefficient (Wildman–Crippen LogP) is 2.24. The summed E-state index contributed by atoms with van der Waals surface area (Å²) in [5.74, 6) is -1.27. The minimum Gasteiger partial charge on any atom is -0.464 e. The van der Waals surface area contributed by atoms with E-state index in [1.165, 1.54) is 19.2 Å². The first kappa shape index (κ1) is 11.9. The molecule has 1 heterocycles. The Morgan fingerprint density at radius 2 is 2.29 bits per heavy atom. The van der Waals surface area contributed by atoms with Crippen molar-refractivity contribution in [3.63, 3.8) is 0 Å². The van der Waals surface area contributed by atoms with Crippen LogP contribution in [0.1, 0.15) is 16.1 Å². The SMILES string of the molecule is COC(=O)c1cc2c(CO)cc(Cl)c(F)c2[nH]1. The molecule has 0 atom stereocenters. The van der Waals surface area contributed by atoms with E-state index in [-0.39, 0.29) is 22.8 Å². The highest BCUT2D eigenvalue weighted by molar-refractivity contribution is 6.31. The van der Waals surface area contributed by atoms with Gasteiger partial charge in [-0.1, -0.05) is 11.6 Å². The van der Waals surface area contributed by atoms with Crippen molar-refractivity contribution in [1.29, 1.82) is 0 Å². The third-order valence-corrected chi connectivity index (χ3v) is 2.74. The van der Waals surface area contributed by atoms with Crippen LogP contribution in [0.2, 0.25) is 5.02 Å². The van der Waals surface area contributed by atoms with Gasteiger partial charge in [0.05, 0.1) is 24.3 Å². The highest BCUT2D eigenvalue weighted by Crippen LogP contribution is 2.28. The number of nitrogens with one attached hydrogen (secondary N) is 1. The van der Waals surface area contributed by atoms with Crippen molar-refractivity contribution in [3.05, 3.63) is 34.2 Å². The maximum absolute atomic E-state index is 13.7. The number of aliphatic hydroxyl groups excluding tert-OH is 1. The van der Waals surface area contributed by atoms with Gasteiger partial charge in [0, 0.05) is 5.39 Å². The zero-order valence-electron chi connectivity index (χ0n) is 8.88. The highest BCUT2D eigenvalue weighted by atomic mass is 35.5. The van der Waals surface area contributed by atoms with E-state index in [0.717, 1.165) is 0 Å². The van der Waals surface area contributed by atoms with Gasteiger partial charge in [-0.25, -0.2) is 9.18 Å². The summed E-state index contributed by atoms with van der Waals surface area (Å²) in [6.07, 6.45) is 0. The zero-order valence-corrected chi connectivity index (χ0v) is 9.64. The first-order valence-corrected chi connectivity index (χ1v) is 5.15. The van der Waals surface area contributed by atoms with E-state index < -0.39 is 11.8 Å². The van der Waals surface area contributed by atoms with Gasteiger partial charge >= 0.3 is 5.97 Å². The molecule has 0 radical (unpaired) electrons. The van der Waals surface area contributed by atoms with Crippen LogP contribution in [-0.4, -0.2) is 23.2 Å². The van der Waals surface area contributed by atoms with E-state index in [0.29, 0.717) is 10.9 Å². The molecule has 0 aliphatic carbocycles. The van der Waals surface area contributed by atoms with E-state index in [1.807, 2.05) is 0 Å². The molecule has 2 N–H and O–H groups in total. The van der Waals surface area contributed by atoms with Gasteiger partial charge in [-0.15, -0.1) is 0 Å². The van der Waals surface area contributed by atoms with Crippen molar-refractivity contribution < 1.29 is 19.0 Å². The van der Waals surface area contributed by atoms with Crippen LogP contribution in [0.4, 0.5) is 4.39 Å². The highest BCUT2D eigenvalue weighted by Gasteiger charge is 2.16. The maximum Gasteiger partial charge on any atom is 0.354 e. The predicted molar refractivity (Wildman–Crippen MR) is 60.5 cm³/mol. The number of fused-ring (bicyclic) bond motifs is 1. The number of aromatic nitrogens is 1. The molecule has 0 spiro atoms. The van der Waals surface area contributed by atoms with Crippen LogP contribution in [0.3, 0.4) is 0 Å². The summed E-state index contributed by atoms with van der Waals surface area (Å²) >= 11 is 5.67. The van der Waals surface area contributed by atoms with E-state index >= 15 is 0 Å². The fourth-order valence-corrected chi connectivity index (χ4v) is 1.87. The summed E-state index contributed by atoms with van der Waals surface area (Å²) in [6, 6.07) is 2.75. The average Bonchev–Trinajstić information content (AvgIpc) is 2.78. The van der Waals surface area contributed by atoms with Crippen LogP contribution in [0.25, 0.3) is 10.9 Å². The van der Waals surface area contributed by atoms with Crippen LogP contribution in [-0.2, 0) is 11.3 Å². The first-order chi connectivity index (χ1) is 8.08. The Hall–Kier alpha value is -1.59. The number of H-pyrrole nitrogens is 1. The van der Waals surface area contributed by atoms with Crippen molar-refractivity contribution >= 4 is 28.5 Å². The molecule has 17 heavy (non-hydrogen) atoms. The number of carbonyl (C=O) groups excluding carboxylic acids is 1. The number of methoxy groups -OCH3 is 1. The summed E-state index contributed by atoms with van der Waals surface area (Å²) in [7, 11) is 1.23. The number of ether oxygens (including phenoxy) is 1. The van der Waals surface area contributed by atoms with Gasteiger partial charge in [0.15, 0.2) is 5.82 Å². The monoisotopic (exact) mass is 257 g/mol. The van der Waals surface area contributed by atoms with Crippen LogP contribution >= 0.6 is 11.6 Å². The van der Waals surface area contributed by atoms with Crippen LogP contribution in [0, 0.1) is 5.82 Å². The molecule has 6 heteroatoms. The van der Waals surface area contributed by atoms with Gasteiger partial charge in [0.25, 0.3) is 0 Å². The number of esters is 1. The Morgan fingerprint density at radius 3 is 2.88 bits per heavy atom. The van der Waals surface area contributed by atoms with Crippen molar-refractivity contribution in [3.8, 4) is 0 Å². The molecule has 1 aromatic carbocycles. The lowest BCUT2D eigenvalue weighted by Gasteiger charge is -2.01. The lowest BCUT2D eigenvalue weighted by atomic mass is 10.1. The number of hydrogen-bond acceptors (Lipinski definition) is 3. The Bertz CT molecular complexity index is 594. The fraction of sp³-hybridized carbons (Fsp3) is 0.182. The van der Waals surface area contributed by atoms with Gasteiger partial charge in [-0.3, -0.25) is 0 Å². The number of halogens is 2. The number of benzene rings is 1. The number of aromatic amines is 1. The van der Waals surface area contributed by atoms with Crippen molar-refractivity contribution in [2.24, 2.45) is 0 Å². The third kappa shape index (κ3) is 1.87. The smallest absolute Gasteiger partial charge is 0.354 e. The van der Waals surface area contributed by atoms with E-state index in [1.54, 1.807) is 0 Å². The minimum atomic E-state index is -0.658. The second kappa shape index (κ2) is 4.35. The average molecular weight is 258 g/mol. The number of hydrogen-bond donors (Lipinski definition) is 2. The third-order valence-electron chi connectivity index (χ3n) is 2.47. The largest absolute Gasteiger partial charge is 0.464 e. The molecule has 90 valence electrons. The van der Waals surface area contributed by atoms with Crippen molar-refractivity contribution in [1.82, 2.24) is 4.98 Å². The molecule has 0 aliphatic heterocycles. The molecule has 2 aromatic rings. The lowest BCUT2D eigenvalue weighted by molar-refractivity contribution is 0.0595. The summed E-state index contributed by atoms with van der Waals surface area (Å²) in [5.41, 5.74) is 0.637. The van der Waals surface area contributed by atoms with E-state index in [4.69, 9.17) is 16.7 Å². The molecule has 0 aliphatic rings. The Morgan fingerprint density at radius 1 is 1.59 bits per heavy atom. The number of aliphatic hydroxyl groups is 1. The lowest BCUT2D eigenvalue weighted by Crippen LogP contribution is -2.00. The van der Waals surface area contributed by atoms with E-state index in [2.05, 4.69) is 9.72 Å². The zero-order chi connectivity index (χ0) is 12.6. The quantitative estimate of drug-likeness (QED) is 0.811. The normalized spacial score (nSPS) is 10.8. The molecule has 0 saturated carbocycles. The molecule has 0 fully saturated rings. The summed E-state index contributed by atoms with van der Waals surface area (Å²) in [4.78, 5) is 13.9. The van der Waals surface area contributed by atoms with Crippen LogP contribution in [0.5, 0.6) is 0 Å². The van der Waals surface area contributed by atoms with Crippen molar-refractivity contribution in [2.45, 2.75) is 6.61 Å². The standard InChI is InChI=1S/C11H9ClFNO3/c1-17-11(16)8-3-6-5(4-15)2-7(12)9(13)10(6)14-8/h2-3,14-15H,4H2,1H3. The molecule has 4 nitrogen and oxygen atoms in total. The number of rotatable bonds is 2. The maximum atomic E-state index is 13.7. The topological polar surface area (TPSA) is 62.3 Å². The van der Waals surface area contributed by atoms with E-state index in [9.17, 15) is 9.18 Å². The molecule has 2 rings (SSSR count). The van der Waals surface area contributed by atoms with Crippen LogP contribution in [0.15, 0.2) is 12.1 Å². The summed E-state index contributed by atoms with van der Waals surface area (Å²) in [5, 5.41) is 9.45. The summed E-state index contributed by atoms with van der Waals surface area (Å²) < 4.78 is 18.2. The molecule has 0 saturated heterocycles. The fourth-order valence-electron chi connectivity index (χ4n) is 1.65. The van der Waals surface area contributed by atoms with Crippen molar-refractivity contribution in [2.75, 3.05) is 7.11 Å². The Balaban J connectivity index is 2.74. The molecule has 1 aromatic heterocycles. The summed E-state index contributed by atoms with van der Waals surface area (Å²) in [6.45, 7) is -0.297. The first-order valence-electron chi connectivity index (χ1n) is 4.77. The number of carbonyl (C=O) groups is 1.